The van der Waals surface area contributed by atoms with Crippen LogP contribution in [-0.4, -0.2) is 18.9 Å². The molecule has 112 valence electrons. The number of hydrogen-bond donors (Lipinski definition) is 1. The third kappa shape index (κ3) is 3.17. The Labute approximate surface area is 126 Å². The van der Waals surface area contributed by atoms with Gasteiger partial charge >= 0.3 is 0 Å². The molecule has 0 atom stereocenters. The van der Waals surface area contributed by atoms with E-state index in [1.54, 1.807) is 11.3 Å². The molecule has 3 nitrogen and oxygen atoms in total. The molecule has 2 rings (SSSR count). The molecule has 1 saturated heterocycles. The van der Waals surface area contributed by atoms with Crippen LogP contribution in [0.5, 0.6) is 0 Å². The number of thiophene rings is 1. The fourth-order valence-corrected chi connectivity index (χ4v) is 4.01. The predicted octanol–water partition coefficient (Wildman–Crippen LogP) is 4.04. The van der Waals surface area contributed by atoms with E-state index in [-0.39, 0.29) is 11.7 Å². The number of Topliss-reactive ketones (excluding diaryl/α,β-unsaturated/α-hetero) is 1. The zero-order valence-corrected chi connectivity index (χ0v) is 13.8. The lowest BCUT2D eigenvalue weighted by Gasteiger charge is -2.34. The van der Waals surface area contributed by atoms with Crippen LogP contribution in [-0.2, 0) is 0 Å². The van der Waals surface area contributed by atoms with Gasteiger partial charge in [0.15, 0.2) is 5.78 Å². The molecule has 4 heteroatoms. The molecule has 2 N–H and O–H groups in total. The molecule has 1 aliphatic rings. The monoisotopic (exact) mass is 294 g/mol. The van der Waals surface area contributed by atoms with E-state index in [9.17, 15) is 4.79 Å². The molecule has 0 radical (unpaired) electrons. The molecule has 0 unspecified atom stereocenters. The van der Waals surface area contributed by atoms with Gasteiger partial charge in [0.25, 0.3) is 0 Å². The van der Waals surface area contributed by atoms with Gasteiger partial charge in [-0.05, 0) is 30.7 Å². The van der Waals surface area contributed by atoms with Crippen molar-refractivity contribution in [3.63, 3.8) is 0 Å². The summed E-state index contributed by atoms with van der Waals surface area (Å²) in [5.41, 5.74) is 6.67. The van der Waals surface area contributed by atoms with E-state index in [1.165, 1.54) is 12.8 Å². The second kappa shape index (κ2) is 6.17. The summed E-state index contributed by atoms with van der Waals surface area (Å²) < 4.78 is 0. The van der Waals surface area contributed by atoms with Gasteiger partial charge in [-0.15, -0.1) is 11.3 Å². The fourth-order valence-electron chi connectivity index (χ4n) is 2.79. The third-order valence-electron chi connectivity index (χ3n) is 4.29. The average molecular weight is 294 g/mol. The summed E-state index contributed by atoms with van der Waals surface area (Å²) in [4.78, 5) is 15.2. The molecule has 0 aliphatic carbocycles. The van der Waals surface area contributed by atoms with Crippen molar-refractivity contribution >= 4 is 27.8 Å². The Bertz CT molecular complexity index is 471. The second-order valence-electron chi connectivity index (χ2n) is 6.46. The SMILES string of the molecule is CC(C)C(=O)c1sc(N2CCC(C(C)C)CC2)cc1N. The maximum absolute atomic E-state index is 12.1. The van der Waals surface area contributed by atoms with Gasteiger partial charge in [-0.3, -0.25) is 4.79 Å². The third-order valence-corrected chi connectivity index (χ3v) is 5.52. The predicted molar refractivity (Wildman–Crippen MR) is 87.7 cm³/mol. The number of piperidine rings is 1. The van der Waals surface area contributed by atoms with Gasteiger partial charge in [0.1, 0.15) is 0 Å². The molecule has 1 aromatic heterocycles. The second-order valence-corrected chi connectivity index (χ2v) is 7.49. The van der Waals surface area contributed by atoms with Gasteiger partial charge in [0.05, 0.1) is 15.6 Å². The van der Waals surface area contributed by atoms with Crippen molar-refractivity contribution < 1.29 is 4.79 Å². The van der Waals surface area contributed by atoms with Crippen molar-refractivity contribution in [1.29, 1.82) is 0 Å². The zero-order chi connectivity index (χ0) is 14.9. The van der Waals surface area contributed by atoms with Crippen LogP contribution >= 0.6 is 11.3 Å². The molecule has 20 heavy (non-hydrogen) atoms. The first-order valence-corrected chi connectivity index (χ1v) is 8.40. The average Bonchev–Trinajstić information content (AvgIpc) is 2.80. The molecule has 0 amide bonds. The van der Waals surface area contributed by atoms with Crippen LogP contribution in [0.15, 0.2) is 6.07 Å². The fraction of sp³-hybridized carbons (Fsp3) is 0.688. The van der Waals surface area contributed by atoms with Crippen molar-refractivity contribution in [3.05, 3.63) is 10.9 Å². The first-order chi connectivity index (χ1) is 9.40. The van der Waals surface area contributed by atoms with Gasteiger partial charge in [-0.1, -0.05) is 27.7 Å². The van der Waals surface area contributed by atoms with Gasteiger partial charge < -0.3 is 10.6 Å². The van der Waals surface area contributed by atoms with Crippen molar-refractivity contribution in [2.45, 2.75) is 40.5 Å². The van der Waals surface area contributed by atoms with Crippen LogP contribution < -0.4 is 10.6 Å². The normalized spacial score (nSPS) is 17.2. The highest BCUT2D eigenvalue weighted by Crippen LogP contribution is 2.36. The van der Waals surface area contributed by atoms with E-state index in [0.717, 1.165) is 34.8 Å². The summed E-state index contributed by atoms with van der Waals surface area (Å²) in [7, 11) is 0. The topological polar surface area (TPSA) is 46.3 Å². The minimum Gasteiger partial charge on any atom is -0.397 e. The van der Waals surface area contributed by atoms with Crippen molar-refractivity contribution in [3.8, 4) is 0 Å². The summed E-state index contributed by atoms with van der Waals surface area (Å²) >= 11 is 1.56. The zero-order valence-electron chi connectivity index (χ0n) is 13.0. The maximum atomic E-state index is 12.1. The molecular formula is C16H26N2OS. The lowest BCUT2D eigenvalue weighted by molar-refractivity contribution is 0.0944. The molecule has 0 saturated carbocycles. The number of rotatable bonds is 4. The summed E-state index contributed by atoms with van der Waals surface area (Å²) in [5, 5.41) is 1.16. The number of nitrogen functional groups attached to an aromatic ring is 1. The highest BCUT2D eigenvalue weighted by molar-refractivity contribution is 7.18. The van der Waals surface area contributed by atoms with E-state index >= 15 is 0 Å². The summed E-state index contributed by atoms with van der Waals surface area (Å²) in [6.07, 6.45) is 2.48. The van der Waals surface area contributed by atoms with Gasteiger partial charge in [-0.2, -0.15) is 0 Å². The maximum Gasteiger partial charge on any atom is 0.177 e. The Hall–Kier alpha value is -1.03. The van der Waals surface area contributed by atoms with E-state index < -0.39 is 0 Å². The molecule has 0 aromatic carbocycles. The van der Waals surface area contributed by atoms with Crippen LogP contribution in [0.3, 0.4) is 0 Å². The first-order valence-electron chi connectivity index (χ1n) is 7.58. The molecule has 1 aromatic rings. The Morgan fingerprint density at radius 3 is 2.40 bits per heavy atom. The number of ketones is 1. The Balaban J connectivity index is 2.08. The van der Waals surface area contributed by atoms with E-state index in [0.29, 0.717) is 5.69 Å². The van der Waals surface area contributed by atoms with Gasteiger partial charge in [0.2, 0.25) is 0 Å². The van der Waals surface area contributed by atoms with Crippen LogP contribution in [0.2, 0.25) is 0 Å². The molecule has 1 aliphatic heterocycles. The Kier molecular flexibility index (Phi) is 4.74. The van der Waals surface area contributed by atoms with Crippen LogP contribution in [0.1, 0.15) is 50.2 Å². The Morgan fingerprint density at radius 1 is 1.30 bits per heavy atom. The Morgan fingerprint density at radius 2 is 1.90 bits per heavy atom. The lowest BCUT2D eigenvalue weighted by Crippen LogP contribution is -2.34. The minimum absolute atomic E-state index is 0.00970. The first kappa shape index (κ1) is 15.4. The quantitative estimate of drug-likeness (QED) is 0.852. The van der Waals surface area contributed by atoms with Crippen molar-refractivity contribution in [1.82, 2.24) is 0 Å². The van der Waals surface area contributed by atoms with Crippen LogP contribution in [0, 0.1) is 17.8 Å². The smallest absolute Gasteiger partial charge is 0.177 e. The molecule has 0 bridgehead atoms. The number of carbonyl (C=O) groups excluding carboxylic acids is 1. The summed E-state index contributed by atoms with van der Waals surface area (Å²) in [5.74, 6) is 1.77. The largest absolute Gasteiger partial charge is 0.397 e. The number of nitrogens with two attached hydrogens (primary N) is 1. The summed E-state index contributed by atoms with van der Waals surface area (Å²) in [6.45, 7) is 10.6. The standard InChI is InChI=1S/C16H26N2OS/c1-10(2)12-5-7-18(8-6-12)14-9-13(17)16(20-14)15(19)11(3)4/h9-12H,5-8,17H2,1-4H3. The van der Waals surface area contributed by atoms with Crippen LogP contribution in [0.25, 0.3) is 0 Å². The van der Waals surface area contributed by atoms with Gasteiger partial charge in [-0.25, -0.2) is 0 Å². The van der Waals surface area contributed by atoms with E-state index in [2.05, 4.69) is 18.7 Å². The number of anilines is 2. The highest BCUT2D eigenvalue weighted by Gasteiger charge is 2.24. The van der Waals surface area contributed by atoms with Gasteiger partial charge in [0, 0.05) is 19.0 Å². The van der Waals surface area contributed by atoms with E-state index in [4.69, 9.17) is 5.73 Å². The summed E-state index contributed by atoms with van der Waals surface area (Å²) in [6, 6.07) is 1.98. The van der Waals surface area contributed by atoms with Crippen molar-refractivity contribution in [2.24, 2.45) is 17.8 Å². The highest BCUT2D eigenvalue weighted by atomic mass is 32.1. The number of carbonyl (C=O) groups is 1. The molecular weight excluding hydrogens is 268 g/mol. The van der Waals surface area contributed by atoms with E-state index in [1.807, 2.05) is 19.9 Å². The molecule has 2 heterocycles. The number of hydrogen-bond acceptors (Lipinski definition) is 4. The molecule has 1 fully saturated rings. The van der Waals surface area contributed by atoms with Crippen molar-refractivity contribution in [2.75, 3.05) is 23.7 Å². The van der Waals surface area contributed by atoms with Crippen LogP contribution in [0.4, 0.5) is 10.7 Å². The minimum atomic E-state index is 0.00970. The lowest BCUT2D eigenvalue weighted by atomic mass is 9.87. The molecule has 0 spiro atoms. The number of nitrogens with zero attached hydrogens (tertiary/aromatic N) is 1.